The van der Waals surface area contributed by atoms with Crippen LogP contribution < -0.4 is 16.2 Å². The maximum Gasteiger partial charge on any atom is 0.323 e. The molecule has 3 rings (SSSR count). The van der Waals surface area contributed by atoms with E-state index in [0.717, 1.165) is 17.7 Å². The number of aromatic nitrogens is 1. The van der Waals surface area contributed by atoms with Crippen LogP contribution in [-0.4, -0.2) is 10.6 Å². The van der Waals surface area contributed by atoms with Crippen LogP contribution in [0.15, 0.2) is 65.6 Å². The van der Waals surface area contributed by atoms with E-state index in [1.54, 1.807) is 36.5 Å². The molecule has 0 radical (unpaired) electrons. The van der Waals surface area contributed by atoms with Gasteiger partial charge in [0.15, 0.2) is 0 Å². The molecule has 27 heavy (non-hydrogen) atoms. The van der Waals surface area contributed by atoms with Crippen molar-refractivity contribution in [3.05, 3.63) is 93.4 Å². The van der Waals surface area contributed by atoms with Crippen molar-refractivity contribution in [2.24, 2.45) is 0 Å². The van der Waals surface area contributed by atoms with Crippen molar-refractivity contribution < 1.29 is 13.6 Å². The maximum atomic E-state index is 13.6. The van der Waals surface area contributed by atoms with Gasteiger partial charge in [0.1, 0.15) is 17.3 Å². The largest absolute Gasteiger partial charge is 0.323 e. The van der Waals surface area contributed by atoms with Crippen molar-refractivity contribution in [2.75, 3.05) is 10.6 Å². The summed E-state index contributed by atoms with van der Waals surface area (Å²) in [5.41, 5.74) is 0.247. The number of hydrogen-bond donors (Lipinski definition) is 2. The number of amides is 2. The number of pyridine rings is 1. The molecular weight excluding hydrogens is 376 g/mol. The topological polar surface area (TPSA) is 63.1 Å². The van der Waals surface area contributed by atoms with Gasteiger partial charge in [0, 0.05) is 17.3 Å². The average Bonchev–Trinajstić information content (AvgIpc) is 2.63. The number of hydrogen-bond acceptors (Lipinski definition) is 2. The van der Waals surface area contributed by atoms with E-state index in [0.29, 0.717) is 17.6 Å². The first-order valence-electron chi connectivity index (χ1n) is 7.89. The number of nitrogens with one attached hydrogen (secondary N) is 2. The number of carbonyl (C=O) groups is 1. The number of urea groups is 1. The predicted molar refractivity (Wildman–Crippen MR) is 100 cm³/mol. The van der Waals surface area contributed by atoms with E-state index >= 15 is 0 Å². The van der Waals surface area contributed by atoms with Crippen LogP contribution >= 0.6 is 11.6 Å². The summed E-state index contributed by atoms with van der Waals surface area (Å²) >= 11 is 5.84. The highest BCUT2D eigenvalue weighted by Gasteiger charge is 2.11. The normalized spacial score (nSPS) is 10.5. The third-order valence-electron chi connectivity index (χ3n) is 3.71. The van der Waals surface area contributed by atoms with E-state index < -0.39 is 23.2 Å². The number of carbonyl (C=O) groups excluding carboxylic acids is 1. The minimum absolute atomic E-state index is 0.0199. The predicted octanol–water partition coefficient (Wildman–Crippen LogP) is 4.47. The molecular formula is C19H14ClF2N3O2. The minimum Gasteiger partial charge on any atom is -0.309 e. The van der Waals surface area contributed by atoms with Crippen LogP contribution in [0.1, 0.15) is 5.56 Å². The number of halogens is 3. The SMILES string of the molecule is O=C(Nc1ccc(F)cc1F)Nc1cccn(Cc2ccc(Cl)cc2)c1=O. The molecule has 138 valence electrons. The fourth-order valence-electron chi connectivity index (χ4n) is 2.41. The van der Waals surface area contributed by atoms with Gasteiger partial charge in [0.2, 0.25) is 0 Å². The van der Waals surface area contributed by atoms with E-state index in [4.69, 9.17) is 11.6 Å². The molecule has 2 N–H and O–H groups in total. The maximum absolute atomic E-state index is 13.6. The second-order valence-electron chi connectivity index (χ2n) is 5.68. The van der Waals surface area contributed by atoms with Gasteiger partial charge < -0.3 is 15.2 Å². The lowest BCUT2D eigenvalue weighted by Gasteiger charge is -2.11. The van der Waals surface area contributed by atoms with Gasteiger partial charge in [-0.05, 0) is 42.0 Å². The summed E-state index contributed by atoms with van der Waals surface area (Å²) < 4.78 is 27.9. The lowest BCUT2D eigenvalue weighted by atomic mass is 10.2. The Bertz CT molecular complexity index is 1040. The van der Waals surface area contributed by atoms with E-state index in [1.165, 1.54) is 10.6 Å². The minimum atomic E-state index is -0.918. The smallest absolute Gasteiger partial charge is 0.309 e. The van der Waals surface area contributed by atoms with Gasteiger partial charge in [-0.2, -0.15) is 0 Å². The van der Waals surface area contributed by atoms with Crippen molar-refractivity contribution >= 4 is 29.0 Å². The summed E-state index contributed by atoms with van der Waals surface area (Å²) in [6, 6.07) is 12.0. The molecule has 0 spiro atoms. The Labute approximate surface area is 158 Å². The highest BCUT2D eigenvalue weighted by atomic mass is 35.5. The molecule has 1 heterocycles. The quantitative estimate of drug-likeness (QED) is 0.691. The van der Waals surface area contributed by atoms with Crippen LogP contribution in [0.3, 0.4) is 0 Å². The molecule has 0 saturated heterocycles. The van der Waals surface area contributed by atoms with Crippen molar-refractivity contribution in [1.82, 2.24) is 4.57 Å². The first-order valence-corrected chi connectivity index (χ1v) is 8.27. The molecule has 0 aliphatic rings. The highest BCUT2D eigenvalue weighted by Crippen LogP contribution is 2.15. The third kappa shape index (κ3) is 4.71. The van der Waals surface area contributed by atoms with Crippen LogP contribution in [0, 0.1) is 11.6 Å². The fourth-order valence-corrected chi connectivity index (χ4v) is 2.54. The van der Waals surface area contributed by atoms with Gasteiger partial charge in [-0.3, -0.25) is 4.79 Å². The summed E-state index contributed by atoms with van der Waals surface area (Å²) in [5.74, 6) is -1.68. The van der Waals surface area contributed by atoms with Crippen LogP contribution in [-0.2, 0) is 6.54 Å². The van der Waals surface area contributed by atoms with Gasteiger partial charge >= 0.3 is 6.03 Å². The first kappa shape index (κ1) is 18.6. The van der Waals surface area contributed by atoms with Crippen molar-refractivity contribution in [2.45, 2.75) is 6.54 Å². The van der Waals surface area contributed by atoms with Crippen LogP contribution in [0.5, 0.6) is 0 Å². The standard InChI is InChI=1S/C19H14ClF2N3O2/c20-13-5-3-12(4-6-13)11-25-9-1-2-17(18(25)26)24-19(27)23-16-8-7-14(21)10-15(16)22/h1-10H,11H2,(H2,23,24,27). The van der Waals surface area contributed by atoms with Crippen LogP contribution in [0.2, 0.25) is 5.02 Å². The second-order valence-corrected chi connectivity index (χ2v) is 6.12. The van der Waals surface area contributed by atoms with Crippen molar-refractivity contribution in [3.63, 3.8) is 0 Å². The van der Waals surface area contributed by atoms with Gasteiger partial charge in [0.25, 0.3) is 5.56 Å². The zero-order chi connectivity index (χ0) is 19.4. The second kappa shape index (κ2) is 8.01. The van der Waals surface area contributed by atoms with E-state index in [-0.39, 0.29) is 11.4 Å². The average molecular weight is 390 g/mol. The Morgan fingerprint density at radius 1 is 1.00 bits per heavy atom. The highest BCUT2D eigenvalue weighted by molar-refractivity contribution is 6.30. The Balaban J connectivity index is 1.74. The Morgan fingerprint density at radius 2 is 1.70 bits per heavy atom. The first-order chi connectivity index (χ1) is 12.9. The molecule has 0 aliphatic carbocycles. The third-order valence-corrected chi connectivity index (χ3v) is 3.97. The molecule has 0 bridgehead atoms. The summed E-state index contributed by atoms with van der Waals surface area (Å²) in [5, 5.41) is 5.19. The molecule has 2 amide bonds. The molecule has 0 saturated carbocycles. The molecule has 0 aliphatic heterocycles. The number of benzene rings is 2. The lowest BCUT2D eigenvalue weighted by molar-refractivity contribution is 0.262. The van der Waals surface area contributed by atoms with E-state index in [9.17, 15) is 18.4 Å². The summed E-state index contributed by atoms with van der Waals surface area (Å²) in [6.07, 6.45) is 1.58. The molecule has 0 atom stereocenters. The molecule has 8 heteroatoms. The van der Waals surface area contributed by atoms with Gasteiger partial charge in [-0.15, -0.1) is 0 Å². The number of rotatable bonds is 4. The van der Waals surface area contributed by atoms with Gasteiger partial charge in [-0.1, -0.05) is 23.7 Å². The van der Waals surface area contributed by atoms with E-state index in [1.807, 2.05) is 0 Å². The molecule has 0 fully saturated rings. The molecule has 0 unspecified atom stereocenters. The van der Waals surface area contributed by atoms with Crippen LogP contribution in [0.25, 0.3) is 0 Å². The Morgan fingerprint density at radius 3 is 2.41 bits per heavy atom. The molecule has 2 aromatic carbocycles. The fraction of sp³-hybridized carbons (Fsp3) is 0.0526. The Hall–Kier alpha value is -3.19. The Kier molecular flexibility index (Phi) is 5.52. The summed E-state index contributed by atoms with van der Waals surface area (Å²) in [6.45, 7) is 0.291. The molecule has 1 aromatic heterocycles. The lowest BCUT2D eigenvalue weighted by Crippen LogP contribution is -2.28. The number of anilines is 2. The summed E-state index contributed by atoms with van der Waals surface area (Å²) in [4.78, 5) is 24.5. The van der Waals surface area contributed by atoms with Crippen LogP contribution in [0.4, 0.5) is 25.0 Å². The zero-order valence-corrected chi connectivity index (χ0v) is 14.6. The van der Waals surface area contributed by atoms with E-state index in [2.05, 4.69) is 10.6 Å². The van der Waals surface area contributed by atoms with Gasteiger partial charge in [-0.25, -0.2) is 13.6 Å². The van der Waals surface area contributed by atoms with Crippen molar-refractivity contribution in [1.29, 1.82) is 0 Å². The van der Waals surface area contributed by atoms with Crippen molar-refractivity contribution in [3.8, 4) is 0 Å². The van der Waals surface area contributed by atoms with Gasteiger partial charge in [0.05, 0.1) is 12.2 Å². The monoisotopic (exact) mass is 389 g/mol. The number of nitrogens with zero attached hydrogens (tertiary/aromatic N) is 1. The summed E-state index contributed by atoms with van der Waals surface area (Å²) in [7, 11) is 0. The molecule has 3 aromatic rings. The zero-order valence-electron chi connectivity index (χ0n) is 13.9. The molecule has 5 nitrogen and oxygen atoms in total.